The highest BCUT2D eigenvalue weighted by Gasteiger charge is 2.06. The second-order valence-electron chi connectivity index (χ2n) is 3.89. The quantitative estimate of drug-likeness (QED) is 0.535. The van der Waals surface area contributed by atoms with Gasteiger partial charge in [-0.2, -0.15) is 0 Å². The van der Waals surface area contributed by atoms with Crippen LogP contribution >= 0.6 is 8.60 Å². The summed E-state index contributed by atoms with van der Waals surface area (Å²) in [6.45, 7) is 3.15. The van der Waals surface area contributed by atoms with Gasteiger partial charge in [-0.15, -0.1) is 0 Å². The lowest BCUT2D eigenvalue weighted by molar-refractivity contribution is 0.190. The maximum Gasteiger partial charge on any atom is 0.330 e. The number of rotatable bonds is 9. The largest absolute Gasteiger partial charge is 0.330 e. The molecule has 0 saturated carbocycles. The molecule has 1 aromatic rings. The van der Waals surface area contributed by atoms with Crippen LogP contribution in [0.25, 0.3) is 0 Å². The fraction of sp³-hybridized carbons (Fsp3) is 0.538. The second-order valence-corrected chi connectivity index (χ2v) is 4.88. The molecule has 0 aliphatic rings. The van der Waals surface area contributed by atoms with Crippen LogP contribution in [0.1, 0.15) is 38.2 Å². The normalized spacial score (nSPS) is 12.6. The molecule has 0 fully saturated rings. The van der Waals surface area contributed by atoms with E-state index in [1.54, 1.807) is 0 Å². The highest BCUT2D eigenvalue weighted by Crippen LogP contribution is 2.34. The zero-order valence-electron chi connectivity index (χ0n) is 10.3. The van der Waals surface area contributed by atoms with Crippen molar-refractivity contribution >= 4 is 8.60 Å². The summed E-state index contributed by atoms with van der Waals surface area (Å²) in [4.78, 5) is 9.49. The molecule has 4 heteroatoms. The molecule has 0 aliphatic heterocycles. The van der Waals surface area contributed by atoms with E-state index in [0.29, 0.717) is 13.2 Å². The van der Waals surface area contributed by atoms with Crippen LogP contribution in [-0.4, -0.2) is 11.5 Å². The molecule has 17 heavy (non-hydrogen) atoms. The lowest BCUT2D eigenvalue weighted by Crippen LogP contribution is -1.94. The molecule has 1 unspecified atom stereocenters. The van der Waals surface area contributed by atoms with Gasteiger partial charge in [0.2, 0.25) is 0 Å². The number of hydrogen-bond acceptors (Lipinski definition) is 3. The van der Waals surface area contributed by atoms with E-state index in [9.17, 15) is 4.89 Å². The molecule has 0 radical (unpaired) electrons. The molecule has 0 amide bonds. The first kappa shape index (κ1) is 14.6. The van der Waals surface area contributed by atoms with Gasteiger partial charge < -0.3 is 13.9 Å². The summed E-state index contributed by atoms with van der Waals surface area (Å²) in [5, 5.41) is 0. The van der Waals surface area contributed by atoms with Gasteiger partial charge in [-0.3, -0.25) is 0 Å². The first-order valence-electron chi connectivity index (χ1n) is 6.11. The Hall–Kier alpha value is -0.470. The zero-order valence-corrected chi connectivity index (χ0v) is 11.2. The fourth-order valence-electron chi connectivity index (χ4n) is 1.41. The third kappa shape index (κ3) is 7.45. The summed E-state index contributed by atoms with van der Waals surface area (Å²) in [5.74, 6) is 0. The average Bonchev–Trinajstić information content (AvgIpc) is 2.37. The van der Waals surface area contributed by atoms with Crippen LogP contribution < -0.4 is 0 Å². The molecule has 1 rings (SSSR count). The van der Waals surface area contributed by atoms with Crippen LogP contribution in [0.2, 0.25) is 0 Å². The Morgan fingerprint density at radius 1 is 1.06 bits per heavy atom. The minimum Gasteiger partial charge on any atom is -0.328 e. The first-order valence-corrected chi connectivity index (χ1v) is 7.24. The molecule has 0 aromatic heterocycles. The Balaban J connectivity index is 2.03. The van der Waals surface area contributed by atoms with Crippen molar-refractivity contribution in [2.24, 2.45) is 0 Å². The third-order valence-electron chi connectivity index (χ3n) is 2.38. The van der Waals surface area contributed by atoms with Crippen molar-refractivity contribution < 1.29 is 13.9 Å². The van der Waals surface area contributed by atoms with E-state index in [1.165, 1.54) is 12.8 Å². The molecule has 1 N–H and O–H groups in total. The molecule has 1 atom stereocenters. The van der Waals surface area contributed by atoms with E-state index in [1.807, 2.05) is 30.3 Å². The van der Waals surface area contributed by atoms with Crippen LogP contribution in [0.3, 0.4) is 0 Å². The molecule has 3 nitrogen and oxygen atoms in total. The number of hydrogen-bond donors (Lipinski definition) is 1. The Bertz CT molecular complexity index is 279. The lowest BCUT2D eigenvalue weighted by Gasteiger charge is -2.10. The molecular formula is C13H21O3P. The van der Waals surface area contributed by atoms with E-state index in [-0.39, 0.29) is 0 Å². The summed E-state index contributed by atoms with van der Waals surface area (Å²) in [7, 11) is -1.73. The second kappa shape index (κ2) is 9.55. The predicted molar refractivity (Wildman–Crippen MR) is 70.5 cm³/mol. The Labute approximate surface area is 105 Å². The number of benzene rings is 1. The molecule has 0 aliphatic carbocycles. The van der Waals surface area contributed by atoms with Crippen molar-refractivity contribution in [1.82, 2.24) is 0 Å². The molecule has 96 valence electrons. The first-order chi connectivity index (χ1) is 8.33. The van der Waals surface area contributed by atoms with E-state index >= 15 is 0 Å². The smallest absolute Gasteiger partial charge is 0.328 e. The van der Waals surface area contributed by atoms with Gasteiger partial charge in [0.25, 0.3) is 0 Å². The van der Waals surface area contributed by atoms with Crippen molar-refractivity contribution in [3.8, 4) is 0 Å². The Kier molecular flexibility index (Phi) is 8.20. The van der Waals surface area contributed by atoms with Gasteiger partial charge >= 0.3 is 8.60 Å². The van der Waals surface area contributed by atoms with Crippen molar-refractivity contribution in [2.45, 2.75) is 39.2 Å². The topological polar surface area (TPSA) is 38.7 Å². The summed E-state index contributed by atoms with van der Waals surface area (Å²) < 4.78 is 10.4. The van der Waals surface area contributed by atoms with Gasteiger partial charge in [0.05, 0.1) is 13.2 Å². The van der Waals surface area contributed by atoms with Crippen LogP contribution in [0.4, 0.5) is 0 Å². The third-order valence-corrected chi connectivity index (χ3v) is 3.14. The molecule has 0 saturated heterocycles. The molecule has 1 aromatic carbocycles. The standard InChI is InChI=1S/C13H21O3P/c1-2-3-4-8-11-15-17(14)16-12-13-9-6-5-7-10-13/h5-7,9-10,14H,2-4,8,11-12H2,1H3. The van der Waals surface area contributed by atoms with E-state index in [0.717, 1.165) is 18.4 Å². The maximum atomic E-state index is 9.49. The van der Waals surface area contributed by atoms with Gasteiger partial charge in [-0.1, -0.05) is 56.5 Å². The molecule has 0 bridgehead atoms. The van der Waals surface area contributed by atoms with E-state index in [2.05, 4.69) is 6.92 Å². The summed E-state index contributed by atoms with van der Waals surface area (Å²) in [6, 6.07) is 9.78. The van der Waals surface area contributed by atoms with Crippen LogP contribution in [0.15, 0.2) is 30.3 Å². The van der Waals surface area contributed by atoms with Gasteiger partial charge in [-0.25, -0.2) is 0 Å². The van der Waals surface area contributed by atoms with Crippen LogP contribution in [-0.2, 0) is 15.7 Å². The summed E-state index contributed by atoms with van der Waals surface area (Å²) in [6.07, 6.45) is 4.57. The van der Waals surface area contributed by atoms with Crippen molar-refractivity contribution in [3.05, 3.63) is 35.9 Å². The zero-order chi connectivity index (χ0) is 12.3. The fourth-order valence-corrected chi connectivity index (χ4v) is 2.03. The van der Waals surface area contributed by atoms with Crippen LogP contribution in [0, 0.1) is 0 Å². The highest BCUT2D eigenvalue weighted by atomic mass is 31.2. The van der Waals surface area contributed by atoms with Crippen molar-refractivity contribution in [3.63, 3.8) is 0 Å². The number of unbranched alkanes of at least 4 members (excludes halogenated alkanes) is 3. The van der Waals surface area contributed by atoms with Gasteiger partial charge in [0, 0.05) is 0 Å². The monoisotopic (exact) mass is 256 g/mol. The molecule has 0 spiro atoms. The van der Waals surface area contributed by atoms with Crippen molar-refractivity contribution in [2.75, 3.05) is 6.61 Å². The van der Waals surface area contributed by atoms with E-state index < -0.39 is 8.60 Å². The predicted octanol–water partition coefficient (Wildman–Crippen LogP) is 4.02. The van der Waals surface area contributed by atoms with Crippen molar-refractivity contribution in [1.29, 1.82) is 0 Å². The average molecular weight is 256 g/mol. The van der Waals surface area contributed by atoms with Crippen LogP contribution in [0.5, 0.6) is 0 Å². The highest BCUT2D eigenvalue weighted by molar-refractivity contribution is 7.40. The maximum absolute atomic E-state index is 9.49. The molecule has 0 heterocycles. The van der Waals surface area contributed by atoms with Gasteiger partial charge in [0.15, 0.2) is 0 Å². The minimum atomic E-state index is -1.73. The van der Waals surface area contributed by atoms with Gasteiger partial charge in [-0.05, 0) is 12.0 Å². The SMILES string of the molecule is CCCCCCOP(O)OCc1ccccc1. The minimum absolute atomic E-state index is 0.401. The van der Waals surface area contributed by atoms with Gasteiger partial charge in [0.1, 0.15) is 0 Å². The Morgan fingerprint density at radius 3 is 2.53 bits per heavy atom. The molecular weight excluding hydrogens is 235 g/mol. The lowest BCUT2D eigenvalue weighted by atomic mass is 10.2. The summed E-state index contributed by atoms with van der Waals surface area (Å²) in [5.41, 5.74) is 1.05. The summed E-state index contributed by atoms with van der Waals surface area (Å²) >= 11 is 0. The van der Waals surface area contributed by atoms with E-state index in [4.69, 9.17) is 9.05 Å². The Morgan fingerprint density at radius 2 is 1.82 bits per heavy atom.